The second kappa shape index (κ2) is 7.53. The lowest BCUT2D eigenvalue weighted by Crippen LogP contribution is -2.25. The van der Waals surface area contributed by atoms with Crippen molar-refractivity contribution in [1.29, 1.82) is 0 Å². The summed E-state index contributed by atoms with van der Waals surface area (Å²) in [5, 5.41) is 14.8. The SMILES string of the molecule is O=C(CSc1nncn1-c1ccccc1)N1CCC(c2ccccc2)=N1. The summed E-state index contributed by atoms with van der Waals surface area (Å²) in [6, 6.07) is 19.8. The molecular weight excluding hydrogens is 346 g/mol. The maximum Gasteiger partial charge on any atom is 0.253 e. The number of para-hydroxylation sites is 1. The molecule has 2 aromatic carbocycles. The number of hydrogen-bond acceptors (Lipinski definition) is 5. The van der Waals surface area contributed by atoms with Gasteiger partial charge in [0.05, 0.1) is 18.0 Å². The van der Waals surface area contributed by atoms with Gasteiger partial charge in [-0.05, 0) is 17.7 Å². The van der Waals surface area contributed by atoms with Crippen LogP contribution in [0.2, 0.25) is 0 Å². The average molecular weight is 363 g/mol. The molecule has 1 amide bonds. The van der Waals surface area contributed by atoms with Gasteiger partial charge in [0, 0.05) is 12.1 Å². The van der Waals surface area contributed by atoms with Gasteiger partial charge in [-0.25, -0.2) is 5.01 Å². The fourth-order valence-electron chi connectivity index (χ4n) is 2.76. The molecule has 130 valence electrons. The summed E-state index contributed by atoms with van der Waals surface area (Å²) in [4.78, 5) is 12.5. The van der Waals surface area contributed by atoms with Crippen LogP contribution in [-0.4, -0.2) is 43.7 Å². The minimum atomic E-state index is -0.0245. The Balaban J connectivity index is 1.41. The molecule has 0 saturated heterocycles. The molecule has 0 N–H and O–H groups in total. The number of aromatic nitrogens is 3. The van der Waals surface area contributed by atoms with Gasteiger partial charge in [0.1, 0.15) is 6.33 Å². The molecule has 4 rings (SSSR count). The summed E-state index contributed by atoms with van der Waals surface area (Å²) in [5.41, 5.74) is 2.99. The third-order valence-electron chi connectivity index (χ3n) is 4.07. The van der Waals surface area contributed by atoms with Gasteiger partial charge in [0.2, 0.25) is 0 Å². The Morgan fingerprint density at radius 3 is 2.54 bits per heavy atom. The molecule has 2 heterocycles. The molecule has 0 atom stereocenters. The Morgan fingerprint density at radius 1 is 1.04 bits per heavy atom. The Kier molecular flexibility index (Phi) is 4.79. The molecule has 6 nitrogen and oxygen atoms in total. The Bertz CT molecular complexity index is 923. The van der Waals surface area contributed by atoms with Crippen molar-refractivity contribution in [3.05, 3.63) is 72.6 Å². The maximum absolute atomic E-state index is 12.5. The van der Waals surface area contributed by atoms with E-state index >= 15 is 0 Å². The summed E-state index contributed by atoms with van der Waals surface area (Å²) >= 11 is 1.37. The molecule has 26 heavy (non-hydrogen) atoms. The van der Waals surface area contributed by atoms with Gasteiger partial charge < -0.3 is 0 Å². The smallest absolute Gasteiger partial charge is 0.253 e. The lowest BCUT2D eigenvalue weighted by Gasteiger charge is -2.11. The van der Waals surface area contributed by atoms with Gasteiger partial charge in [-0.1, -0.05) is 60.3 Å². The first-order chi connectivity index (χ1) is 12.8. The van der Waals surface area contributed by atoms with Crippen LogP contribution in [-0.2, 0) is 4.79 Å². The zero-order chi connectivity index (χ0) is 17.8. The van der Waals surface area contributed by atoms with E-state index in [1.165, 1.54) is 11.8 Å². The third kappa shape index (κ3) is 3.52. The third-order valence-corrected chi connectivity index (χ3v) is 5.00. The first-order valence-corrected chi connectivity index (χ1v) is 9.31. The van der Waals surface area contributed by atoms with E-state index in [0.717, 1.165) is 23.4 Å². The van der Waals surface area contributed by atoms with Crippen LogP contribution in [0.25, 0.3) is 5.69 Å². The predicted molar refractivity (Wildman–Crippen MR) is 101 cm³/mol. The van der Waals surface area contributed by atoms with Crippen LogP contribution in [0.15, 0.2) is 77.2 Å². The van der Waals surface area contributed by atoms with Crippen LogP contribution in [0.3, 0.4) is 0 Å². The highest BCUT2D eigenvalue weighted by Gasteiger charge is 2.22. The van der Waals surface area contributed by atoms with E-state index in [-0.39, 0.29) is 11.7 Å². The van der Waals surface area contributed by atoms with E-state index in [9.17, 15) is 4.79 Å². The van der Waals surface area contributed by atoms with E-state index in [4.69, 9.17) is 0 Å². The number of hydrazone groups is 1. The zero-order valence-electron chi connectivity index (χ0n) is 14.0. The zero-order valence-corrected chi connectivity index (χ0v) is 14.8. The van der Waals surface area contributed by atoms with Crippen molar-refractivity contribution in [2.75, 3.05) is 12.3 Å². The van der Waals surface area contributed by atoms with E-state index in [2.05, 4.69) is 15.3 Å². The minimum Gasteiger partial charge on any atom is -0.277 e. The van der Waals surface area contributed by atoms with E-state index in [1.807, 2.05) is 65.2 Å². The van der Waals surface area contributed by atoms with Crippen molar-refractivity contribution >= 4 is 23.4 Å². The highest BCUT2D eigenvalue weighted by Crippen LogP contribution is 2.21. The summed E-state index contributed by atoms with van der Waals surface area (Å²) in [6.45, 7) is 0.620. The standard InChI is InChI=1S/C19H17N5OS/c25-18(24-12-11-17(22-24)15-7-3-1-4-8-15)13-26-19-21-20-14-23(19)16-9-5-2-6-10-16/h1-10,14H,11-13H2. The molecule has 0 unspecified atom stereocenters. The molecule has 0 radical (unpaired) electrons. The molecule has 1 aliphatic rings. The lowest BCUT2D eigenvalue weighted by atomic mass is 10.1. The largest absolute Gasteiger partial charge is 0.277 e. The number of carbonyl (C=O) groups excluding carboxylic acids is 1. The van der Waals surface area contributed by atoms with Gasteiger partial charge >= 0.3 is 0 Å². The van der Waals surface area contributed by atoms with Crippen molar-refractivity contribution in [2.24, 2.45) is 5.10 Å². The van der Waals surface area contributed by atoms with Crippen LogP contribution < -0.4 is 0 Å². The van der Waals surface area contributed by atoms with Crippen LogP contribution in [0.5, 0.6) is 0 Å². The highest BCUT2D eigenvalue weighted by atomic mass is 32.2. The van der Waals surface area contributed by atoms with E-state index < -0.39 is 0 Å². The summed E-state index contributed by atoms with van der Waals surface area (Å²) in [5.74, 6) is 0.250. The molecule has 0 saturated carbocycles. The Morgan fingerprint density at radius 2 is 1.77 bits per heavy atom. The molecule has 0 bridgehead atoms. The quantitative estimate of drug-likeness (QED) is 0.654. The van der Waals surface area contributed by atoms with E-state index in [1.54, 1.807) is 11.3 Å². The fraction of sp³-hybridized carbons (Fsp3) is 0.158. The van der Waals surface area contributed by atoms with Gasteiger partial charge in [-0.15, -0.1) is 10.2 Å². The number of amides is 1. The monoisotopic (exact) mass is 363 g/mol. The molecule has 1 aliphatic heterocycles. The predicted octanol–water partition coefficient (Wildman–Crippen LogP) is 3.00. The minimum absolute atomic E-state index is 0.0245. The highest BCUT2D eigenvalue weighted by molar-refractivity contribution is 7.99. The van der Waals surface area contributed by atoms with E-state index in [0.29, 0.717) is 11.7 Å². The Hall–Kier alpha value is -2.93. The summed E-state index contributed by atoms with van der Waals surface area (Å²) in [7, 11) is 0. The van der Waals surface area contributed by atoms with Crippen LogP contribution in [0.4, 0.5) is 0 Å². The van der Waals surface area contributed by atoms with Crippen LogP contribution in [0, 0.1) is 0 Å². The molecular formula is C19H17N5OS. The molecule has 3 aromatic rings. The topological polar surface area (TPSA) is 63.4 Å². The van der Waals surface area contributed by atoms with Crippen molar-refractivity contribution in [3.63, 3.8) is 0 Å². The van der Waals surface area contributed by atoms with Gasteiger partial charge in [-0.3, -0.25) is 9.36 Å². The number of rotatable bonds is 5. The first-order valence-electron chi connectivity index (χ1n) is 8.33. The number of carbonyl (C=O) groups is 1. The Labute approximate surface area is 155 Å². The molecule has 0 aliphatic carbocycles. The number of thioether (sulfide) groups is 1. The van der Waals surface area contributed by atoms with Gasteiger partial charge in [-0.2, -0.15) is 5.10 Å². The molecule has 0 spiro atoms. The first kappa shape index (κ1) is 16.5. The number of hydrogen-bond donors (Lipinski definition) is 0. The molecule has 7 heteroatoms. The lowest BCUT2D eigenvalue weighted by molar-refractivity contribution is -0.127. The molecule has 0 fully saturated rings. The number of nitrogens with zero attached hydrogens (tertiary/aromatic N) is 5. The second-order valence-electron chi connectivity index (χ2n) is 5.79. The molecule has 1 aromatic heterocycles. The number of benzene rings is 2. The van der Waals surface area contributed by atoms with Crippen molar-refractivity contribution in [2.45, 2.75) is 11.6 Å². The van der Waals surface area contributed by atoms with Crippen molar-refractivity contribution < 1.29 is 4.79 Å². The van der Waals surface area contributed by atoms with Crippen LogP contribution >= 0.6 is 11.8 Å². The average Bonchev–Trinajstić information content (AvgIpc) is 3.37. The van der Waals surface area contributed by atoms with Crippen molar-refractivity contribution in [1.82, 2.24) is 19.8 Å². The second-order valence-corrected chi connectivity index (χ2v) is 6.73. The van der Waals surface area contributed by atoms with Gasteiger partial charge in [0.15, 0.2) is 5.16 Å². The maximum atomic E-state index is 12.5. The summed E-state index contributed by atoms with van der Waals surface area (Å²) < 4.78 is 1.88. The normalized spacial score (nSPS) is 13.7. The van der Waals surface area contributed by atoms with Crippen LogP contribution in [0.1, 0.15) is 12.0 Å². The fourth-order valence-corrected chi connectivity index (χ4v) is 3.56. The van der Waals surface area contributed by atoms with Crippen molar-refractivity contribution in [3.8, 4) is 5.69 Å². The van der Waals surface area contributed by atoms with Gasteiger partial charge in [0.25, 0.3) is 5.91 Å². The summed E-state index contributed by atoms with van der Waals surface area (Å²) in [6.07, 6.45) is 2.43.